The lowest BCUT2D eigenvalue weighted by Crippen LogP contribution is -2.42. The standard InChI is InChI=1S/C17H20N2O5/c1-2-23-17(22)12-4-3-7-19(9-12)16(21)11-5-6-14-13(8-11)18-15(20)10-24-14/h5-6,8,12H,2-4,7,9-10H2,1H3,(H,18,20). The van der Waals surface area contributed by atoms with Crippen molar-refractivity contribution in [2.75, 3.05) is 31.6 Å². The first-order chi connectivity index (χ1) is 11.6. The van der Waals surface area contributed by atoms with Gasteiger partial charge < -0.3 is 19.7 Å². The summed E-state index contributed by atoms with van der Waals surface area (Å²) in [5.74, 6) is -0.377. The molecule has 1 N–H and O–H groups in total. The van der Waals surface area contributed by atoms with Crippen LogP contribution >= 0.6 is 0 Å². The molecule has 0 radical (unpaired) electrons. The molecular formula is C17H20N2O5. The molecule has 1 unspecified atom stereocenters. The fourth-order valence-electron chi connectivity index (χ4n) is 3.01. The minimum Gasteiger partial charge on any atom is -0.482 e. The third-order valence-corrected chi connectivity index (χ3v) is 4.19. The summed E-state index contributed by atoms with van der Waals surface area (Å²) < 4.78 is 10.4. The molecule has 7 nitrogen and oxygen atoms in total. The van der Waals surface area contributed by atoms with E-state index in [-0.39, 0.29) is 30.3 Å². The van der Waals surface area contributed by atoms with Crippen LogP contribution in [0.2, 0.25) is 0 Å². The number of fused-ring (bicyclic) bond motifs is 1. The van der Waals surface area contributed by atoms with Crippen molar-refractivity contribution >= 4 is 23.5 Å². The van der Waals surface area contributed by atoms with Gasteiger partial charge in [-0.15, -0.1) is 0 Å². The van der Waals surface area contributed by atoms with E-state index in [0.29, 0.717) is 36.7 Å². The van der Waals surface area contributed by atoms with Gasteiger partial charge in [0.2, 0.25) is 0 Å². The lowest BCUT2D eigenvalue weighted by atomic mass is 9.97. The summed E-state index contributed by atoms with van der Waals surface area (Å²) in [4.78, 5) is 37.7. The van der Waals surface area contributed by atoms with E-state index in [2.05, 4.69) is 5.32 Å². The number of amides is 2. The van der Waals surface area contributed by atoms with Crippen LogP contribution in [0.15, 0.2) is 18.2 Å². The summed E-state index contributed by atoms with van der Waals surface area (Å²) in [7, 11) is 0. The maximum absolute atomic E-state index is 12.7. The molecule has 0 spiro atoms. The largest absolute Gasteiger partial charge is 0.482 e. The van der Waals surface area contributed by atoms with E-state index in [1.54, 1.807) is 30.0 Å². The van der Waals surface area contributed by atoms with Gasteiger partial charge in [0.1, 0.15) is 5.75 Å². The van der Waals surface area contributed by atoms with Crippen LogP contribution in [0.5, 0.6) is 5.75 Å². The topological polar surface area (TPSA) is 84.9 Å². The number of nitrogens with zero attached hydrogens (tertiary/aromatic N) is 1. The number of benzene rings is 1. The quantitative estimate of drug-likeness (QED) is 0.847. The smallest absolute Gasteiger partial charge is 0.310 e. The highest BCUT2D eigenvalue weighted by molar-refractivity contribution is 6.00. The Labute approximate surface area is 139 Å². The van der Waals surface area contributed by atoms with Crippen LogP contribution in [0.3, 0.4) is 0 Å². The highest BCUT2D eigenvalue weighted by atomic mass is 16.5. The van der Waals surface area contributed by atoms with Gasteiger partial charge >= 0.3 is 5.97 Å². The van der Waals surface area contributed by atoms with Crippen molar-refractivity contribution in [1.29, 1.82) is 0 Å². The van der Waals surface area contributed by atoms with Crippen LogP contribution in [-0.2, 0) is 14.3 Å². The van der Waals surface area contributed by atoms with Crippen molar-refractivity contribution in [2.45, 2.75) is 19.8 Å². The van der Waals surface area contributed by atoms with Gasteiger partial charge in [-0.25, -0.2) is 0 Å². The SMILES string of the molecule is CCOC(=O)C1CCCN(C(=O)c2ccc3c(c2)NC(=O)CO3)C1. The molecule has 7 heteroatoms. The molecule has 128 valence electrons. The number of carbonyl (C=O) groups excluding carboxylic acids is 3. The number of ether oxygens (including phenoxy) is 2. The Morgan fingerprint density at radius 1 is 1.42 bits per heavy atom. The third kappa shape index (κ3) is 3.34. The fraction of sp³-hybridized carbons (Fsp3) is 0.471. The lowest BCUT2D eigenvalue weighted by Gasteiger charge is -2.31. The molecule has 2 amide bonds. The number of esters is 1. The lowest BCUT2D eigenvalue weighted by molar-refractivity contribution is -0.149. The first-order valence-electron chi connectivity index (χ1n) is 8.11. The molecule has 2 aliphatic rings. The monoisotopic (exact) mass is 332 g/mol. The molecule has 0 aliphatic carbocycles. The number of hydrogen-bond acceptors (Lipinski definition) is 5. The Kier molecular flexibility index (Phi) is 4.69. The Morgan fingerprint density at radius 2 is 2.25 bits per heavy atom. The van der Waals surface area contributed by atoms with Crippen LogP contribution < -0.4 is 10.1 Å². The second-order valence-electron chi connectivity index (χ2n) is 5.89. The number of likely N-dealkylation sites (tertiary alicyclic amines) is 1. The molecule has 3 rings (SSSR count). The van der Waals surface area contributed by atoms with Gasteiger partial charge in [0.15, 0.2) is 6.61 Å². The normalized spacial score (nSPS) is 19.8. The highest BCUT2D eigenvalue weighted by Gasteiger charge is 2.30. The molecule has 0 saturated carbocycles. The first kappa shape index (κ1) is 16.3. The van der Waals surface area contributed by atoms with E-state index < -0.39 is 0 Å². The zero-order valence-corrected chi connectivity index (χ0v) is 13.5. The minimum atomic E-state index is -0.275. The van der Waals surface area contributed by atoms with E-state index in [4.69, 9.17) is 9.47 Å². The molecule has 2 heterocycles. The molecule has 1 fully saturated rings. The van der Waals surface area contributed by atoms with Crippen LogP contribution in [0, 0.1) is 5.92 Å². The molecule has 24 heavy (non-hydrogen) atoms. The molecule has 1 aromatic carbocycles. The summed E-state index contributed by atoms with van der Waals surface area (Å²) in [5, 5.41) is 2.69. The Bertz CT molecular complexity index is 673. The second kappa shape index (κ2) is 6.90. The fourth-order valence-corrected chi connectivity index (χ4v) is 3.01. The third-order valence-electron chi connectivity index (χ3n) is 4.19. The van der Waals surface area contributed by atoms with Crippen molar-refractivity contribution in [3.8, 4) is 5.75 Å². The van der Waals surface area contributed by atoms with E-state index in [0.717, 1.165) is 12.8 Å². The predicted octanol–water partition coefficient (Wildman–Crippen LogP) is 1.43. The number of hydrogen-bond donors (Lipinski definition) is 1. The van der Waals surface area contributed by atoms with Crippen LogP contribution in [0.4, 0.5) is 5.69 Å². The number of rotatable bonds is 3. The van der Waals surface area contributed by atoms with Crippen molar-refractivity contribution in [3.63, 3.8) is 0 Å². The van der Waals surface area contributed by atoms with Crippen molar-refractivity contribution in [2.24, 2.45) is 5.92 Å². The molecule has 1 saturated heterocycles. The summed E-state index contributed by atoms with van der Waals surface area (Å²) >= 11 is 0. The van der Waals surface area contributed by atoms with E-state index in [1.165, 1.54) is 0 Å². The number of nitrogens with one attached hydrogen (secondary N) is 1. The van der Waals surface area contributed by atoms with E-state index >= 15 is 0 Å². The van der Waals surface area contributed by atoms with Crippen molar-refractivity contribution in [3.05, 3.63) is 23.8 Å². The first-order valence-corrected chi connectivity index (χ1v) is 8.11. The van der Waals surface area contributed by atoms with Crippen LogP contribution in [0.25, 0.3) is 0 Å². The van der Waals surface area contributed by atoms with Crippen LogP contribution in [0.1, 0.15) is 30.1 Å². The predicted molar refractivity (Wildman–Crippen MR) is 85.8 cm³/mol. The van der Waals surface area contributed by atoms with Gasteiger partial charge in [-0.1, -0.05) is 0 Å². The zero-order valence-electron chi connectivity index (χ0n) is 13.5. The molecule has 0 bridgehead atoms. The van der Waals surface area contributed by atoms with E-state index in [1.807, 2.05) is 0 Å². The van der Waals surface area contributed by atoms with Crippen LogP contribution in [-0.4, -0.2) is 49.0 Å². The molecular weight excluding hydrogens is 312 g/mol. The second-order valence-corrected chi connectivity index (χ2v) is 5.89. The van der Waals surface area contributed by atoms with Gasteiger partial charge in [0, 0.05) is 18.7 Å². The Hall–Kier alpha value is -2.57. The maximum atomic E-state index is 12.7. The van der Waals surface area contributed by atoms with Gasteiger partial charge in [-0.05, 0) is 38.0 Å². The number of anilines is 1. The van der Waals surface area contributed by atoms with Gasteiger partial charge in [0.05, 0.1) is 18.2 Å². The summed E-state index contributed by atoms with van der Waals surface area (Å²) in [5.41, 5.74) is 0.958. The van der Waals surface area contributed by atoms with Crippen molar-refractivity contribution < 1.29 is 23.9 Å². The maximum Gasteiger partial charge on any atom is 0.310 e. The minimum absolute atomic E-state index is 0.0202. The van der Waals surface area contributed by atoms with Gasteiger partial charge in [0.25, 0.3) is 11.8 Å². The van der Waals surface area contributed by atoms with E-state index in [9.17, 15) is 14.4 Å². The molecule has 0 aromatic heterocycles. The average molecular weight is 332 g/mol. The summed E-state index contributed by atoms with van der Waals surface area (Å²) in [6.07, 6.45) is 1.50. The average Bonchev–Trinajstić information content (AvgIpc) is 2.60. The summed E-state index contributed by atoms with van der Waals surface area (Å²) in [6.45, 7) is 3.06. The summed E-state index contributed by atoms with van der Waals surface area (Å²) in [6, 6.07) is 4.96. The van der Waals surface area contributed by atoms with Crippen molar-refractivity contribution in [1.82, 2.24) is 4.90 Å². The molecule has 2 aliphatic heterocycles. The number of piperidine rings is 1. The number of carbonyl (C=O) groups is 3. The van der Waals surface area contributed by atoms with Gasteiger partial charge in [-0.2, -0.15) is 0 Å². The molecule has 1 aromatic rings. The highest BCUT2D eigenvalue weighted by Crippen LogP contribution is 2.29. The zero-order chi connectivity index (χ0) is 17.1. The Balaban J connectivity index is 1.73. The molecule has 1 atom stereocenters. The van der Waals surface area contributed by atoms with Gasteiger partial charge in [-0.3, -0.25) is 14.4 Å². The Morgan fingerprint density at radius 3 is 3.04 bits per heavy atom.